The van der Waals surface area contributed by atoms with Gasteiger partial charge in [-0.15, -0.1) is 0 Å². The number of nitrogens with zero attached hydrogens (tertiary/aromatic N) is 5. The van der Waals surface area contributed by atoms with Gasteiger partial charge < -0.3 is 20.7 Å². The molecule has 3 N–H and O–H groups in total. The second-order valence-corrected chi connectivity index (χ2v) is 8.51. The van der Waals surface area contributed by atoms with Crippen molar-refractivity contribution in [3.63, 3.8) is 0 Å². The molecule has 0 aliphatic carbocycles. The molecule has 2 aliphatic rings. The monoisotopic (exact) mass is 427 g/mol. The van der Waals surface area contributed by atoms with Gasteiger partial charge >= 0.3 is 0 Å². The van der Waals surface area contributed by atoms with Gasteiger partial charge in [0.05, 0.1) is 5.69 Å². The molecule has 3 atom stereocenters. The largest absolute Gasteiger partial charge is 0.354 e. The smallest absolute Gasteiger partial charge is 0.178 e. The molecular formula is C24H25N7O. The Kier molecular flexibility index (Phi) is 4.55. The molecule has 4 aromatic rings. The zero-order chi connectivity index (χ0) is 21.7. The van der Waals surface area contributed by atoms with Gasteiger partial charge in [0.1, 0.15) is 30.3 Å². The van der Waals surface area contributed by atoms with Crippen molar-refractivity contribution in [2.45, 2.75) is 38.1 Å². The number of rotatable bonds is 5. The quantitative estimate of drug-likeness (QED) is 0.467. The fourth-order valence-electron chi connectivity index (χ4n) is 4.53. The minimum absolute atomic E-state index is 0.0254. The van der Waals surface area contributed by atoms with Crippen LogP contribution in [-0.4, -0.2) is 38.4 Å². The molecule has 0 amide bonds. The van der Waals surface area contributed by atoms with Crippen LogP contribution in [0.25, 0.3) is 16.8 Å². The minimum atomic E-state index is -0.211. The lowest BCUT2D eigenvalue weighted by Crippen LogP contribution is -2.27. The molecule has 3 unspecified atom stereocenters. The van der Waals surface area contributed by atoms with E-state index in [4.69, 9.17) is 15.5 Å². The second-order valence-electron chi connectivity index (χ2n) is 8.51. The molecule has 2 saturated heterocycles. The van der Waals surface area contributed by atoms with Crippen molar-refractivity contribution >= 4 is 23.0 Å². The third kappa shape index (κ3) is 3.47. The van der Waals surface area contributed by atoms with Crippen molar-refractivity contribution in [2.75, 3.05) is 16.8 Å². The molecule has 162 valence electrons. The van der Waals surface area contributed by atoms with Gasteiger partial charge in [0.2, 0.25) is 0 Å². The molecule has 2 fully saturated rings. The van der Waals surface area contributed by atoms with E-state index in [9.17, 15) is 0 Å². The van der Waals surface area contributed by atoms with Crippen molar-refractivity contribution in [2.24, 2.45) is 5.73 Å². The van der Waals surface area contributed by atoms with Crippen LogP contribution in [0.4, 0.5) is 17.3 Å². The third-order valence-corrected chi connectivity index (χ3v) is 6.29. The van der Waals surface area contributed by atoms with Crippen LogP contribution in [0.1, 0.15) is 31.4 Å². The highest BCUT2D eigenvalue weighted by molar-refractivity contribution is 5.79. The van der Waals surface area contributed by atoms with Crippen LogP contribution in [-0.2, 0) is 4.74 Å². The van der Waals surface area contributed by atoms with E-state index in [0.29, 0.717) is 6.04 Å². The molecule has 0 saturated carbocycles. The van der Waals surface area contributed by atoms with Crippen LogP contribution in [0.5, 0.6) is 0 Å². The molecule has 32 heavy (non-hydrogen) atoms. The van der Waals surface area contributed by atoms with E-state index in [0.717, 1.165) is 46.2 Å². The first-order valence-corrected chi connectivity index (χ1v) is 11.0. The summed E-state index contributed by atoms with van der Waals surface area (Å²) in [4.78, 5) is 11.7. The Balaban J connectivity index is 1.36. The van der Waals surface area contributed by atoms with Crippen LogP contribution < -0.4 is 16.0 Å². The van der Waals surface area contributed by atoms with E-state index in [1.165, 1.54) is 12.8 Å². The Labute approximate surface area is 186 Å². The fraction of sp³-hybridized carbons (Fsp3) is 0.292. The van der Waals surface area contributed by atoms with Crippen LogP contribution in [0.2, 0.25) is 0 Å². The maximum absolute atomic E-state index is 5.86. The first kappa shape index (κ1) is 19.2. The summed E-state index contributed by atoms with van der Waals surface area (Å²) in [5.41, 5.74) is 10.6. The van der Waals surface area contributed by atoms with Gasteiger partial charge in [-0.05, 0) is 55.2 Å². The highest BCUT2D eigenvalue weighted by Crippen LogP contribution is 2.37. The molecule has 2 aliphatic heterocycles. The van der Waals surface area contributed by atoms with Crippen molar-refractivity contribution in [3.05, 3.63) is 66.6 Å². The highest BCUT2D eigenvalue weighted by atomic mass is 16.6. The zero-order valence-corrected chi connectivity index (χ0v) is 17.8. The van der Waals surface area contributed by atoms with Gasteiger partial charge in [-0.1, -0.05) is 24.3 Å². The summed E-state index contributed by atoms with van der Waals surface area (Å²) in [6.45, 7) is 3.30. The van der Waals surface area contributed by atoms with E-state index in [-0.39, 0.29) is 12.3 Å². The van der Waals surface area contributed by atoms with Gasteiger partial charge in [-0.3, -0.25) is 0 Å². The Morgan fingerprint density at radius 2 is 2.00 bits per heavy atom. The molecule has 1 aromatic carbocycles. The lowest BCUT2D eigenvalue weighted by Gasteiger charge is -2.23. The molecule has 8 nitrogen and oxygen atoms in total. The number of pyridine rings is 2. The maximum Gasteiger partial charge on any atom is 0.178 e. The average molecular weight is 428 g/mol. The van der Waals surface area contributed by atoms with Crippen LogP contribution in [0.3, 0.4) is 0 Å². The summed E-state index contributed by atoms with van der Waals surface area (Å²) >= 11 is 0. The highest BCUT2D eigenvalue weighted by Gasteiger charge is 2.36. The van der Waals surface area contributed by atoms with E-state index >= 15 is 0 Å². The van der Waals surface area contributed by atoms with Gasteiger partial charge in [-0.25, -0.2) is 14.5 Å². The molecular weight excluding hydrogens is 402 g/mol. The number of nitrogens with one attached hydrogen (secondary N) is 1. The first-order chi connectivity index (χ1) is 15.7. The summed E-state index contributed by atoms with van der Waals surface area (Å²) < 4.78 is 7.23. The molecule has 0 bridgehead atoms. The summed E-state index contributed by atoms with van der Waals surface area (Å²) in [6.07, 6.45) is 5.72. The lowest BCUT2D eigenvalue weighted by molar-refractivity contribution is 0.377. The molecule has 5 heterocycles. The van der Waals surface area contributed by atoms with Gasteiger partial charge in [-0.2, -0.15) is 5.10 Å². The molecule has 0 spiro atoms. The van der Waals surface area contributed by atoms with E-state index in [1.807, 2.05) is 30.5 Å². The van der Waals surface area contributed by atoms with E-state index < -0.39 is 0 Å². The average Bonchev–Trinajstić information content (AvgIpc) is 3.16. The van der Waals surface area contributed by atoms with Crippen LogP contribution >= 0.6 is 0 Å². The summed E-state index contributed by atoms with van der Waals surface area (Å²) in [5.74, 6) is 1.79. The molecule has 3 aromatic heterocycles. The minimum Gasteiger partial charge on any atom is -0.354 e. The zero-order valence-electron chi connectivity index (χ0n) is 17.8. The van der Waals surface area contributed by atoms with Gasteiger partial charge in [0, 0.05) is 24.3 Å². The lowest BCUT2D eigenvalue weighted by atomic mass is 10.0. The Hall–Kier alpha value is -3.49. The van der Waals surface area contributed by atoms with E-state index in [1.54, 1.807) is 10.8 Å². The molecule has 8 heteroatoms. The topological polar surface area (TPSA) is 96.9 Å². The van der Waals surface area contributed by atoms with Crippen molar-refractivity contribution in [1.82, 2.24) is 19.6 Å². The predicted octanol–water partition coefficient (Wildman–Crippen LogP) is 3.88. The maximum atomic E-state index is 5.86. The Bertz CT molecular complexity index is 1290. The van der Waals surface area contributed by atoms with Crippen LogP contribution in [0, 0.1) is 0 Å². The first-order valence-electron chi connectivity index (χ1n) is 11.0. The molecule has 0 radical (unpaired) electrons. The summed E-state index contributed by atoms with van der Waals surface area (Å²) in [7, 11) is 0. The normalized spacial score (nSPS) is 22.4. The van der Waals surface area contributed by atoms with Crippen LogP contribution in [0.15, 0.2) is 61.1 Å². The van der Waals surface area contributed by atoms with E-state index in [2.05, 4.69) is 51.5 Å². The van der Waals surface area contributed by atoms with Gasteiger partial charge in [0.15, 0.2) is 5.65 Å². The SMILES string of the molecule is CC1CCCN1c1cccc(Nc2cc(-c3cccc(C4OC4N)c3)cn3ncnc23)n1. The number of nitrogens with two attached hydrogens (primary N) is 1. The Morgan fingerprint density at radius 1 is 1.12 bits per heavy atom. The third-order valence-electron chi connectivity index (χ3n) is 6.29. The van der Waals surface area contributed by atoms with Crippen molar-refractivity contribution in [1.29, 1.82) is 0 Å². The van der Waals surface area contributed by atoms with Crippen molar-refractivity contribution in [3.8, 4) is 11.1 Å². The fourth-order valence-corrected chi connectivity index (χ4v) is 4.53. The summed E-state index contributed by atoms with van der Waals surface area (Å²) in [5, 5.41) is 7.84. The number of epoxide rings is 1. The standard InChI is InChI=1S/C24H25N7O/c1-15-5-4-10-30(15)21-9-3-8-20(29-21)28-19-12-18(13-31-24(19)26-14-27-31)16-6-2-7-17(11-16)22-23(25)32-22/h2-3,6-9,11-15,22-23H,4-5,10,25H2,1H3,(H,28,29). The molecule has 6 rings (SSSR count). The number of hydrogen-bond donors (Lipinski definition) is 2. The number of benzene rings is 1. The van der Waals surface area contributed by atoms with Gasteiger partial charge in [0.25, 0.3) is 0 Å². The number of hydrogen-bond acceptors (Lipinski definition) is 7. The summed E-state index contributed by atoms with van der Waals surface area (Å²) in [6, 6.07) is 17.0. The second kappa shape index (κ2) is 7.58. The predicted molar refractivity (Wildman–Crippen MR) is 124 cm³/mol. The number of fused-ring (bicyclic) bond motifs is 1. The number of ether oxygens (including phenoxy) is 1. The van der Waals surface area contributed by atoms with Crippen molar-refractivity contribution < 1.29 is 4.74 Å². The Morgan fingerprint density at radius 3 is 2.81 bits per heavy atom. The number of anilines is 3. The number of aromatic nitrogens is 4.